The first kappa shape index (κ1) is 13.3. The van der Waals surface area contributed by atoms with E-state index in [4.69, 9.17) is 0 Å². The van der Waals surface area contributed by atoms with E-state index in [0.717, 1.165) is 10.0 Å². The molecule has 6 heteroatoms. The molecule has 0 saturated carbocycles. The highest BCUT2D eigenvalue weighted by molar-refractivity contribution is 9.10. The standard InChI is InChI=1S/C12H13BrN2O2S/c1-15-6-5-10(9-15)8-14-18(16,17)12-4-2-3-11(13)7-12/h2-7,9,14H,8H2,1H3. The second kappa shape index (κ2) is 5.26. The summed E-state index contributed by atoms with van der Waals surface area (Å²) in [6.45, 7) is 0.287. The lowest BCUT2D eigenvalue weighted by Crippen LogP contribution is -2.23. The SMILES string of the molecule is Cn1ccc(CNS(=O)(=O)c2cccc(Br)c2)c1. The molecule has 1 heterocycles. The molecule has 1 N–H and O–H groups in total. The first-order chi connectivity index (χ1) is 8.47. The van der Waals surface area contributed by atoms with Crippen LogP contribution in [0.3, 0.4) is 0 Å². The van der Waals surface area contributed by atoms with Crippen molar-refractivity contribution in [1.29, 1.82) is 0 Å². The van der Waals surface area contributed by atoms with Gasteiger partial charge in [0.2, 0.25) is 10.0 Å². The molecule has 0 bridgehead atoms. The molecule has 4 nitrogen and oxygen atoms in total. The zero-order chi connectivity index (χ0) is 13.2. The summed E-state index contributed by atoms with van der Waals surface area (Å²) < 4.78 is 29.2. The Morgan fingerprint density at radius 1 is 1.33 bits per heavy atom. The van der Waals surface area contributed by atoms with Gasteiger partial charge in [0.1, 0.15) is 0 Å². The van der Waals surface area contributed by atoms with Crippen LogP contribution in [-0.2, 0) is 23.6 Å². The Morgan fingerprint density at radius 3 is 2.72 bits per heavy atom. The number of hydrogen-bond donors (Lipinski definition) is 1. The summed E-state index contributed by atoms with van der Waals surface area (Å²) in [5, 5.41) is 0. The fourth-order valence-electron chi connectivity index (χ4n) is 1.56. The number of halogens is 1. The normalized spacial score (nSPS) is 11.7. The predicted octanol–water partition coefficient (Wildman–Crippen LogP) is 2.27. The molecule has 0 unspecified atom stereocenters. The molecule has 0 atom stereocenters. The molecule has 0 aliphatic carbocycles. The van der Waals surface area contributed by atoms with Crippen LogP contribution >= 0.6 is 15.9 Å². The molecule has 0 fully saturated rings. The van der Waals surface area contributed by atoms with Crippen LogP contribution in [0.1, 0.15) is 5.56 Å². The zero-order valence-electron chi connectivity index (χ0n) is 9.80. The summed E-state index contributed by atoms with van der Waals surface area (Å²) in [6, 6.07) is 8.51. The van der Waals surface area contributed by atoms with Crippen LogP contribution in [0, 0.1) is 0 Å². The van der Waals surface area contributed by atoms with E-state index in [1.807, 2.05) is 30.1 Å². The van der Waals surface area contributed by atoms with Crippen molar-refractivity contribution in [2.24, 2.45) is 7.05 Å². The van der Waals surface area contributed by atoms with Crippen molar-refractivity contribution < 1.29 is 8.42 Å². The van der Waals surface area contributed by atoms with Crippen LogP contribution in [0.15, 0.2) is 52.1 Å². The highest BCUT2D eigenvalue weighted by atomic mass is 79.9. The van der Waals surface area contributed by atoms with E-state index in [1.54, 1.807) is 24.3 Å². The number of aromatic nitrogens is 1. The van der Waals surface area contributed by atoms with Crippen molar-refractivity contribution in [2.45, 2.75) is 11.4 Å². The number of sulfonamides is 1. The van der Waals surface area contributed by atoms with Crippen molar-refractivity contribution in [1.82, 2.24) is 9.29 Å². The number of aryl methyl sites for hydroxylation is 1. The molecule has 2 rings (SSSR count). The highest BCUT2D eigenvalue weighted by Crippen LogP contribution is 2.16. The van der Waals surface area contributed by atoms with Gasteiger partial charge in [-0.05, 0) is 29.8 Å². The van der Waals surface area contributed by atoms with Crippen molar-refractivity contribution in [3.05, 3.63) is 52.8 Å². The molecular formula is C12H13BrN2O2S. The Bertz CT molecular complexity index is 650. The fraction of sp³-hybridized carbons (Fsp3) is 0.167. The highest BCUT2D eigenvalue weighted by Gasteiger charge is 2.13. The van der Waals surface area contributed by atoms with Gasteiger partial charge < -0.3 is 4.57 Å². The molecule has 0 spiro atoms. The van der Waals surface area contributed by atoms with Crippen molar-refractivity contribution in [2.75, 3.05) is 0 Å². The van der Waals surface area contributed by atoms with E-state index in [0.29, 0.717) is 0 Å². The second-order valence-electron chi connectivity index (χ2n) is 3.97. The molecule has 0 aliphatic rings. The summed E-state index contributed by atoms with van der Waals surface area (Å²) in [4.78, 5) is 0.257. The molecule has 2 aromatic rings. The van der Waals surface area contributed by atoms with Gasteiger partial charge in [-0.25, -0.2) is 13.1 Å². The van der Waals surface area contributed by atoms with Gasteiger partial charge in [0.25, 0.3) is 0 Å². The maximum atomic E-state index is 12.0. The average Bonchev–Trinajstić information content (AvgIpc) is 2.73. The van der Waals surface area contributed by atoms with E-state index >= 15 is 0 Å². The van der Waals surface area contributed by atoms with Gasteiger partial charge in [-0.1, -0.05) is 22.0 Å². The Hall–Kier alpha value is -1.11. The Balaban J connectivity index is 2.13. The second-order valence-corrected chi connectivity index (χ2v) is 6.65. The minimum Gasteiger partial charge on any atom is -0.357 e. The number of benzene rings is 1. The molecule has 0 aliphatic heterocycles. The minimum atomic E-state index is -3.46. The van der Waals surface area contributed by atoms with Crippen LogP contribution < -0.4 is 4.72 Å². The molecule has 96 valence electrons. The van der Waals surface area contributed by atoms with Gasteiger partial charge in [0.15, 0.2) is 0 Å². The summed E-state index contributed by atoms with van der Waals surface area (Å²) in [6.07, 6.45) is 3.76. The third-order valence-electron chi connectivity index (χ3n) is 2.47. The Morgan fingerprint density at radius 2 is 2.11 bits per heavy atom. The van der Waals surface area contributed by atoms with Gasteiger partial charge in [-0.15, -0.1) is 0 Å². The van der Waals surface area contributed by atoms with Crippen LogP contribution in [-0.4, -0.2) is 13.0 Å². The predicted molar refractivity (Wildman–Crippen MR) is 73.6 cm³/mol. The van der Waals surface area contributed by atoms with Crippen LogP contribution in [0.25, 0.3) is 0 Å². The lowest BCUT2D eigenvalue weighted by Gasteiger charge is -2.06. The lowest BCUT2D eigenvalue weighted by atomic mass is 10.3. The summed E-state index contributed by atoms with van der Waals surface area (Å²) in [5.74, 6) is 0. The first-order valence-electron chi connectivity index (χ1n) is 5.33. The molecule has 18 heavy (non-hydrogen) atoms. The van der Waals surface area contributed by atoms with Gasteiger partial charge in [-0.3, -0.25) is 0 Å². The van der Waals surface area contributed by atoms with E-state index in [2.05, 4.69) is 20.7 Å². The largest absolute Gasteiger partial charge is 0.357 e. The molecule has 0 saturated heterocycles. The number of rotatable bonds is 4. The summed E-state index contributed by atoms with van der Waals surface area (Å²) in [5.41, 5.74) is 0.927. The zero-order valence-corrected chi connectivity index (χ0v) is 12.2. The Kier molecular flexibility index (Phi) is 3.89. The van der Waals surface area contributed by atoms with Gasteiger partial charge >= 0.3 is 0 Å². The monoisotopic (exact) mass is 328 g/mol. The molecular weight excluding hydrogens is 316 g/mol. The van der Waals surface area contributed by atoms with Crippen molar-refractivity contribution >= 4 is 26.0 Å². The maximum absolute atomic E-state index is 12.0. The molecule has 1 aromatic heterocycles. The van der Waals surface area contributed by atoms with E-state index in [9.17, 15) is 8.42 Å². The molecule has 1 aromatic carbocycles. The van der Waals surface area contributed by atoms with Crippen LogP contribution in [0.2, 0.25) is 0 Å². The van der Waals surface area contributed by atoms with Crippen LogP contribution in [0.4, 0.5) is 0 Å². The molecule has 0 amide bonds. The smallest absolute Gasteiger partial charge is 0.240 e. The third-order valence-corrected chi connectivity index (χ3v) is 4.36. The number of nitrogens with zero attached hydrogens (tertiary/aromatic N) is 1. The van der Waals surface area contributed by atoms with Crippen LogP contribution in [0.5, 0.6) is 0 Å². The fourth-order valence-corrected chi connectivity index (χ4v) is 3.18. The summed E-state index contributed by atoms with van der Waals surface area (Å²) >= 11 is 3.26. The lowest BCUT2D eigenvalue weighted by molar-refractivity contribution is 0.581. The van der Waals surface area contributed by atoms with E-state index < -0.39 is 10.0 Å². The van der Waals surface area contributed by atoms with Gasteiger partial charge in [-0.2, -0.15) is 0 Å². The minimum absolute atomic E-state index is 0.257. The van der Waals surface area contributed by atoms with Crippen molar-refractivity contribution in [3.63, 3.8) is 0 Å². The van der Waals surface area contributed by atoms with E-state index in [1.165, 1.54) is 0 Å². The average molecular weight is 329 g/mol. The van der Waals surface area contributed by atoms with Crippen molar-refractivity contribution in [3.8, 4) is 0 Å². The topological polar surface area (TPSA) is 51.1 Å². The van der Waals surface area contributed by atoms with Gasteiger partial charge in [0, 0.05) is 30.5 Å². The first-order valence-corrected chi connectivity index (χ1v) is 7.61. The quantitative estimate of drug-likeness (QED) is 0.935. The van der Waals surface area contributed by atoms with Gasteiger partial charge in [0.05, 0.1) is 4.90 Å². The number of nitrogens with one attached hydrogen (secondary N) is 1. The maximum Gasteiger partial charge on any atom is 0.240 e. The Labute approximate surface area is 115 Å². The van der Waals surface area contributed by atoms with E-state index in [-0.39, 0.29) is 11.4 Å². The third kappa shape index (κ3) is 3.22. The molecule has 0 radical (unpaired) electrons. The number of hydrogen-bond acceptors (Lipinski definition) is 2. The summed E-state index contributed by atoms with van der Waals surface area (Å²) in [7, 11) is -1.57.